The van der Waals surface area contributed by atoms with Crippen LogP contribution in [0, 0.1) is 0 Å². The van der Waals surface area contributed by atoms with E-state index in [1.165, 1.54) is 30.5 Å². The molecule has 1 fully saturated rings. The second-order valence-electron chi connectivity index (χ2n) is 7.32. The Bertz CT molecular complexity index is 899. The van der Waals surface area contributed by atoms with Crippen molar-refractivity contribution in [1.82, 2.24) is 15.3 Å². The summed E-state index contributed by atoms with van der Waals surface area (Å²) in [6, 6.07) is 4.81. The van der Waals surface area contributed by atoms with Crippen molar-refractivity contribution in [2.75, 3.05) is 0 Å². The molecule has 3 rings (SSSR count). The second kappa shape index (κ2) is 8.72. The molecule has 1 aliphatic carbocycles. The number of hydrogen-bond donors (Lipinski definition) is 1. The predicted molar refractivity (Wildman–Crippen MR) is 97.2 cm³/mol. The zero-order valence-electron chi connectivity index (χ0n) is 16.3. The van der Waals surface area contributed by atoms with E-state index in [4.69, 9.17) is 0 Å². The summed E-state index contributed by atoms with van der Waals surface area (Å²) < 4.78 is 81.0. The average molecular weight is 447 g/mol. The van der Waals surface area contributed by atoms with Crippen molar-refractivity contribution in [3.05, 3.63) is 53.6 Å². The minimum atomic E-state index is -4.35. The standard InChI is InChI=1S/C20H19F6N3O2/c1-11(14-4-3-13(10-27-14)31-18(23)17(21)22)29-16(30)8-12-2-5-15(28-9-12)19(6-7-19)20(24,25)26/h2-5,9-11,17-18H,6-8H2,1H3,(H,29,30). The molecular weight excluding hydrogens is 428 g/mol. The first kappa shape index (κ1) is 22.8. The largest absolute Gasteiger partial charge is 0.453 e. The highest BCUT2D eigenvalue weighted by atomic mass is 19.4. The van der Waals surface area contributed by atoms with Crippen LogP contribution in [0.2, 0.25) is 0 Å². The van der Waals surface area contributed by atoms with Crippen molar-refractivity contribution in [3.8, 4) is 5.75 Å². The van der Waals surface area contributed by atoms with Gasteiger partial charge in [0.25, 0.3) is 6.36 Å². The van der Waals surface area contributed by atoms with E-state index in [1.54, 1.807) is 6.92 Å². The van der Waals surface area contributed by atoms with E-state index in [1.807, 2.05) is 0 Å². The summed E-state index contributed by atoms with van der Waals surface area (Å²) in [5, 5.41) is 2.66. The molecule has 1 amide bonds. The Hall–Kier alpha value is -2.85. The van der Waals surface area contributed by atoms with Gasteiger partial charge in [0.15, 0.2) is 0 Å². The fraction of sp³-hybridized carbons (Fsp3) is 0.450. The summed E-state index contributed by atoms with van der Waals surface area (Å²) in [5.41, 5.74) is -1.10. The van der Waals surface area contributed by atoms with Crippen LogP contribution in [-0.2, 0) is 16.6 Å². The number of alkyl halides is 6. The average Bonchev–Trinajstić information content (AvgIpc) is 3.51. The maximum Gasteiger partial charge on any atom is 0.399 e. The quantitative estimate of drug-likeness (QED) is 0.609. The van der Waals surface area contributed by atoms with E-state index in [2.05, 4.69) is 20.0 Å². The Morgan fingerprint density at radius 1 is 1.13 bits per heavy atom. The van der Waals surface area contributed by atoms with Crippen LogP contribution in [-0.4, -0.2) is 34.8 Å². The number of nitrogens with zero attached hydrogens (tertiary/aromatic N) is 2. The van der Waals surface area contributed by atoms with Crippen LogP contribution in [0.1, 0.15) is 42.8 Å². The first-order chi connectivity index (χ1) is 14.5. The Morgan fingerprint density at radius 2 is 1.84 bits per heavy atom. The lowest BCUT2D eigenvalue weighted by atomic mass is 10.0. The molecule has 1 saturated carbocycles. The molecule has 168 valence electrons. The van der Waals surface area contributed by atoms with E-state index >= 15 is 0 Å². The Labute approximate surface area is 173 Å². The molecule has 1 N–H and O–H groups in total. The summed E-state index contributed by atoms with van der Waals surface area (Å²) >= 11 is 0. The van der Waals surface area contributed by atoms with Gasteiger partial charge in [-0.25, -0.2) is 8.78 Å². The van der Waals surface area contributed by atoms with Gasteiger partial charge in [-0.3, -0.25) is 14.8 Å². The van der Waals surface area contributed by atoms with Crippen molar-refractivity contribution in [2.45, 2.75) is 56.6 Å². The number of aromatic nitrogens is 2. The van der Waals surface area contributed by atoms with E-state index in [-0.39, 0.29) is 30.7 Å². The third-order valence-electron chi connectivity index (χ3n) is 5.00. The number of carbonyl (C=O) groups excluding carboxylic acids is 1. The summed E-state index contributed by atoms with van der Waals surface area (Å²) in [4.78, 5) is 20.1. The van der Waals surface area contributed by atoms with Crippen LogP contribution in [0.5, 0.6) is 5.75 Å². The van der Waals surface area contributed by atoms with Gasteiger partial charge in [0.2, 0.25) is 5.91 Å². The van der Waals surface area contributed by atoms with Crippen LogP contribution in [0.15, 0.2) is 36.7 Å². The summed E-state index contributed by atoms with van der Waals surface area (Å²) in [7, 11) is 0. The highest BCUT2D eigenvalue weighted by Crippen LogP contribution is 2.58. The fourth-order valence-corrected chi connectivity index (χ4v) is 3.07. The van der Waals surface area contributed by atoms with Gasteiger partial charge in [-0.05, 0) is 43.5 Å². The van der Waals surface area contributed by atoms with Crippen LogP contribution < -0.4 is 10.1 Å². The number of amides is 1. The highest BCUT2D eigenvalue weighted by Gasteiger charge is 2.65. The fourth-order valence-electron chi connectivity index (χ4n) is 3.07. The van der Waals surface area contributed by atoms with Gasteiger partial charge in [-0.1, -0.05) is 6.07 Å². The van der Waals surface area contributed by atoms with Gasteiger partial charge in [0.1, 0.15) is 11.2 Å². The number of nitrogens with one attached hydrogen (secondary N) is 1. The molecule has 2 heterocycles. The summed E-state index contributed by atoms with van der Waals surface area (Å²) in [6.45, 7) is 1.62. The zero-order valence-corrected chi connectivity index (χ0v) is 16.3. The van der Waals surface area contributed by atoms with E-state index in [0.717, 1.165) is 6.20 Å². The summed E-state index contributed by atoms with van der Waals surface area (Å²) in [6.07, 6.45) is -8.18. The molecule has 0 spiro atoms. The van der Waals surface area contributed by atoms with Crippen molar-refractivity contribution in [2.24, 2.45) is 0 Å². The monoisotopic (exact) mass is 447 g/mol. The lowest BCUT2D eigenvalue weighted by Crippen LogP contribution is -2.30. The number of hydrogen-bond acceptors (Lipinski definition) is 4. The van der Waals surface area contributed by atoms with Crippen molar-refractivity contribution in [3.63, 3.8) is 0 Å². The third kappa shape index (κ3) is 5.26. The molecule has 0 bridgehead atoms. The minimum Gasteiger partial charge on any atom is -0.453 e. The SMILES string of the molecule is CC(NC(=O)Cc1ccc(C2(C(F)(F)F)CC2)nc1)c1ccc(OC(F)C(F)F)cn1. The normalized spacial score (nSPS) is 17.2. The topological polar surface area (TPSA) is 64.1 Å². The number of rotatable bonds is 8. The maximum atomic E-state index is 13.1. The van der Waals surface area contributed by atoms with Crippen LogP contribution in [0.4, 0.5) is 26.3 Å². The molecule has 2 unspecified atom stereocenters. The molecular formula is C20H19F6N3O2. The molecule has 0 aliphatic heterocycles. The van der Waals surface area contributed by atoms with Gasteiger partial charge in [-0.2, -0.15) is 17.6 Å². The van der Waals surface area contributed by atoms with E-state index < -0.39 is 36.3 Å². The molecule has 31 heavy (non-hydrogen) atoms. The van der Waals surface area contributed by atoms with E-state index in [0.29, 0.717) is 11.3 Å². The van der Waals surface area contributed by atoms with Crippen molar-refractivity contribution in [1.29, 1.82) is 0 Å². The maximum absolute atomic E-state index is 13.1. The number of pyridine rings is 2. The van der Waals surface area contributed by atoms with Crippen LogP contribution >= 0.6 is 0 Å². The minimum absolute atomic E-state index is 0.00575. The van der Waals surface area contributed by atoms with Gasteiger partial charge in [0, 0.05) is 6.20 Å². The van der Waals surface area contributed by atoms with Crippen LogP contribution in [0.25, 0.3) is 0 Å². The van der Waals surface area contributed by atoms with Gasteiger partial charge in [0.05, 0.1) is 30.0 Å². The highest BCUT2D eigenvalue weighted by molar-refractivity contribution is 5.78. The third-order valence-corrected chi connectivity index (χ3v) is 5.00. The number of halogens is 6. The molecule has 11 heteroatoms. The Morgan fingerprint density at radius 3 is 2.32 bits per heavy atom. The predicted octanol–water partition coefficient (Wildman–Crippen LogP) is 4.43. The molecule has 2 atom stereocenters. The number of ether oxygens (including phenoxy) is 1. The first-order valence-corrected chi connectivity index (χ1v) is 9.38. The lowest BCUT2D eigenvalue weighted by Gasteiger charge is -2.18. The molecule has 2 aromatic heterocycles. The zero-order chi connectivity index (χ0) is 22.8. The Balaban J connectivity index is 1.55. The smallest absolute Gasteiger partial charge is 0.399 e. The van der Waals surface area contributed by atoms with Gasteiger partial charge >= 0.3 is 12.6 Å². The molecule has 0 radical (unpaired) electrons. The molecule has 1 aliphatic rings. The molecule has 2 aromatic rings. The first-order valence-electron chi connectivity index (χ1n) is 9.38. The summed E-state index contributed by atoms with van der Waals surface area (Å²) in [5.74, 6) is -0.601. The van der Waals surface area contributed by atoms with Crippen LogP contribution in [0.3, 0.4) is 0 Å². The number of carbonyl (C=O) groups is 1. The van der Waals surface area contributed by atoms with Crippen molar-refractivity contribution >= 4 is 5.91 Å². The van der Waals surface area contributed by atoms with E-state index in [9.17, 15) is 31.1 Å². The lowest BCUT2D eigenvalue weighted by molar-refractivity contribution is -0.161. The second-order valence-corrected chi connectivity index (χ2v) is 7.32. The van der Waals surface area contributed by atoms with Gasteiger partial charge in [-0.15, -0.1) is 0 Å². The molecule has 0 saturated heterocycles. The van der Waals surface area contributed by atoms with Crippen molar-refractivity contribution < 1.29 is 35.9 Å². The molecule has 0 aromatic carbocycles. The Kier molecular flexibility index (Phi) is 6.42. The molecule has 5 nitrogen and oxygen atoms in total. The van der Waals surface area contributed by atoms with Gasteiger partial charge < -0.3 is 10.1 Å².